The van der Waals surface area contributed by atoms with E-state index in [0.717, 1.165) is 55.0 Å². The number of nitrogens with one attached hydrogen (secondary N) is 3. The number of hydrogen-bond donors (Lipinski definition) is 3. The first-order valence-electron chi connectivity index (χ1n) is 15.3. The maximum Gasteiger partial charge on any atom is 0.130 e. The predicted octanol–water partition coefficient (Wildman–Crippen LogP) is 5.97. The standard InChI is InChI=1S/C40H31N4/c1-21-22(2)34-26-14-6-10-18-30(26)39(42-34)40-32-20-12-8-16-28(32)36(44-40)24(4)23(3)35-27-15-7-11-19-31(27)38(43-35)37-29-17-9-5-13-25(29)33(21)41-37/h5-20,41-43H,1-4H3/q+1. The molecule has 0 fully saturated rings. The average Bonchev–Trinajstić information content (AvgIpc) is 3.83. The molecule has 0 saturated carbocycles. The lowest BCUT2D eigenvalue weighted by Crippen LogP contribution is -2.17. The molecule has 0 saturated heterocycles. The summed E-state index contributed by atoms with van der Waals surface area (Å²) in [7, 11) is 0. The Kier molecular flexibility index (Phi) is 5.13. The molecule has 6 aromatic rings. The van der Waals surface area contributed by atoms with Crippen molar-refractivity contribution in [2.24, 2.45) is 4.99 Å². The van der Waals surface area contributed by atoms with Crippen LogP contribution in [0, 0.1) is 17.1 Å². The maximum atomic E-state index is 5.43. The van der Waals surface area contributed by atoms with Crippen LogP contribution in [-0.4, -0.2) is 20.7 Å². The fourth-order valence-electron chi connectivity index (χ4n) is 7.35. The van der Waals surface area contributed by atoms with Gasteiger partial charge in [-0.3, -0.25) is 0 Å². The van der Waals surface area contributed by atoms with Crippen LogP contribution in [-0.2, 0) is 0 Å². The minimum absolute atomic E-state index is 0.993. The fourth-order valence-corrected chi connectivity index (χ4v) is 7.35. The number of hydrogen-bond acceptors (Lipinski definition) is 1. The number of aliphatic imine (C=N–C) groups is 1. The van der Waals surface area contributed by atoms with Gasteiger partial charge >= 0.3 is 0 Å². The third kappa shape index (κ3) is 3.28. The third-order valence-electron chi connectivity index (χ3n) is 9.90. The van der Waals surface area contributed by atoms with Crippen LogP contribution in [0.15, 0.2) is 95.5 Å². The summed E-state index contributed by atoms with van der Waals surface area (Å²) in [5.74, 6) is 0. The van der Waals surface area contributed by atoms with Crippen LogP contribution >= 0.6 is 0 Å². The summed E-state index contributed by atoms with van der Waals surface area (Å²) in [6.07, 6.45) is 8.72. The Morgan fingerprint density at radius 3 is 1.80 bits per heavy atom. The molecule has 3 N–H and O–H groups in total. The van der Waals surface area contributed by atoms with Crippen molar-refractivity contribution in [2.75, 3.05) is 0 Å². The van der Waals surface area contributed by atoms with Gasteiger partial charge in [0, 0.05) is 73.6 Å². The van der Waals surface area contributed by atoms with Crippen molar-refractivity contribution in [1.82, 2.24) is 15.0 Å². The molecular weight excluding hydrogens is 536 g/mol. The van der Waals surface area contributed by atoms with Crippen molar-refractivity contribution in [3.05, 3.63) is 151 Å². The quantitative estimate of drug-likeness (QED) is 0.189. The van der Waals surface area contributed by atoms with Crippen LogP contribution in [0.5, 0.6) is 0 Å². The number of nitrogens with zero attached hydrogens (tertiary/aromatic N) is 1. The van der Waals surface area contributed by atoms with Gasteiger partial charge in [-0.25, -0.2) is 4.99 Å². The van der Waals surface area contributed by atoms with Gasteiger partial charge in [-0.15, -0.1) is 0 Å². The SMILES string of the molecule is CC1=C(C)c2[nH]c(c3c2[CH+]C=CC=3)=c2[nH]c(c3ccccc23)=C(C)C(C)=c2[nH]c(c3ccccc23)=C2N=C1c1ccccc12. The smallest absolute Gasteiger partial charge is 0.130 e. The van der Waals surface area contributed by atoms with E-state index >= 15 is 0 Å². The van der Waals surface area contributed by atoms with E-state index in [-0.39, 0.29) is 0 Å². The van der Waals surface area contributed by atoms with Crippen LogP contribution in [0.25, 0.3) is 50.0 Å². The molecule has 5 heterocycles. The van der Waals surface area contributed by atoms with E-state index < -0.39 is 0 Å². The molecule has 4 nitrogen and oxygen atoms in total. The average molecular weight is 568 g/mol. The normalized spacial score (nSPS) is 15.5. The minimum Gasteiger partial charge on any atom is -0.352 e. The van der Waals surface area contributed by atoms with E-state index in [4.69, 9.17) is 4.99 Å². The molecule has 210 valence electrons. The van der Waals surface area contributed by atoms with Gasteiger partial charge < -0.3 is 15.0 Å². The van der Waals surface area contributed by atoms with Crippen LogP contribution in [0.4, 0.5) is 0 Å². The highest BCUT2D eigenvalue weighted by molar-refractivity contribution is 6.22. The summed E-state index contributed by atoms with van der Waals surface area (Å²) >= 11 is 0. The van der Waals surface area contributed by atoms with Crippen molar-refractivity contribution < 1.29 is 0 Å². The monoisotopic (exact) mass is 567 g/mol. The Hall–Kier alpha value is -5.48. The Balaban J connectivity index is 1.60. The summed E-state index contributed by atoms with van der Waals surface area (Å²) in [5.41, 5.74) is 11.5. The molecule has 3 aromatic carbocycles. The fraction of sp³-hybridized carbons (Fsp3) is 0.100. The van der Waals surface area contributed by atoms with Crippen molar-refractivity contribution in [3.63, 3.8) is 0 Å². The number of allylic oxidation sites excluding steroid dienone is 4. The molecule has 0 atom stereocenters. The van der Waals surface area contributed by atoms with E-state index in [1.807, 2.05) is 0 Å². The second-order valence-electron chi connectivity index (χ2n) is 12.1. The van der Waals surface area contributed by atoms with Crippen molar-refractivity contribution in [2.45, 2.75) is 27.7 Å². The van der Waals surface area contributed by atoms with E-state index in [1.54, 1.807) is 0 Å². The molecule has 0 radical (unpaired) electrons. The van der Waals surface area contributed by atoms with E-state index in [9.17, 15) is 0 Å². The zero-order valence-electron chi connectivity index (χ0n) is 25.2. The molecule has 9 rings (SSSR count). The van der Waals surface area contributed by atoms with Gasteiger partial charge in [0.1, 0.15) is 16.6 Å². The predicted molar refractivity (Wildman–Crippen MR) is 182 cm³/mol. The molecule has 3 aromatic heterocycles. The van der Waals surface area contributed by atoms with Gasteiger partial charge in [-0.1, -0.05) is 72.8 Å². The van der Waals surface area contributed by atoms with Gasteiger partial charge in [-0.2, -0.15) is 0 Å². The second kappa shape index (κ2) is 9.01. The number of benzene rings is 3. The number of fused-ring (bicyclic) bond motifs is 19. The number of aromatic amines is 3. The second-order valence-corrected chi connectivity index (χ2v) is 12.1. The van der Waals surface area contributed by atoms with Gasteiger partial charge in [0.05, 0.1) is 27.3 Å². The summed E-state index contributed by atoms with van der Waals surface area (Å²) in [6, 6.07) is 26.1. The Labute approximate surface area is 254 Å². The lowest BCUT2D eigenvalue weighted by Gasteiger charge is -2.07. The highest BCUT2D eigenvalue weighted by Crippen LogP contribution is 2.33. The van der Waals surface area contributed by atoms with E-state index in [0.29, 0.717) is 0 Å². The van der Waals surface area contributed by atoms with Gasteiger partial charge in [0.2, 0.25) is 0 Å². The first kappa shape index (κ1) is 25.1. The Morgan fingerprint density at radius 1 is 0.545 bits per heavy atom. The van der Waals surface area contributed by atoms with Crippen LogP contribution in [0.2, 0.25) is 0 Å². The lowest BCUT2D eigenvalue weighted by atomic mass is 9.94. The minimum atomic E-state index is 0.993. The molecule has 8 bridgehead atoms. The molecule has 4 heteroatoms. The third-order valence-corrected chi connectivity index (χ3v) is 9.90. The summed E-state index contributed by atoms with van der Waals surface area (Å²) in [4.78, 5) is 17.1. The van der Waals surface area contributed by atoms with Crippen molar-refractivity contribution in [3.8, 4) is 0 Å². The summed E-state index contributed by atoms with van der Waals surface area (Å²) < 4.78 is 0. The van der Waals surface area contributed by atoms with Crippen molar-refractivity contribution in [1.29, 1.82) is 0 Å². The maximum absolute atomic E-state index is 5.43. The Morgan fingerprint density at radius 2 is 1.11 bits per heavy atom. The van der Waals surface area contributed by atoms with E-state index in [2.05, 4.69) is 140 Å². The van der Waals surface area contributed by atoms with Crippen molar-refractivity contribution >= 4 is 55.7 Å². The lowest BCUT2D eigenvalue weighted by molar-refractivity contribution is 1.17. The Bertz CT molecular complexity index is 2720. The van der Waals surface area contributed by atoms with Crippen LogP contribution in [0.3, 0.4) is 0 Å². The number of rotatable bonds is 0. The molecule has 2 aliphatic heterocycles. The molecular formula is C40H31N4+. The van der Waals surface area contributed by atoms with Gasteiger partial charge in [0.25, 0.3) is 0 Å². The zero-order valence-corrected chi connectivity index (χ0v) is 25.2. The highest BCUT2D eigenvalue weighted by atomic mass is 14.8. The highest BCUT2D eigenvalue weighted by Gasteiger charge is 2.27. The summed E-state index contributed by atoms with van der Waals surface area (Å²) in [5, 5.41) is 11.6. The van der Waals surface area contributed by atoms with Crippen LogP contribution < -0.4 is 21.3 Å². The molecule has 0 spiro atoms. The van der Waals surface area contributed by atoms with Gasteiger partial charge in [-0.05, 0) is 44.4 Å². The molecule has 44 heavy (non-hydrogen) atoms. The first-order chi connectivity index (χ1) is 21.5. The summed E-state index contributed by atoms with van der Waals surface area (Å²) in [6.45, 7) is 8.90. The number of H-pyrrole nitrogens is 3. The largest absolute Gasteiger partial charge is 0.352 e. The molecule has 3 aliphatic rings. The topological polar surface area (TPSA) is 59.7 Å². The van der Waals surface area contributed by atoms with E-state index in [1.165, 1.54) is 54.6 Å². The van der Waals surface area contributed by atoms with Crippen LogP contribution in [0.1, 0.15) is 50.1 Å². The molecule has 1 aliphatic carbocycles. The zero-order chi connectivity index (χ0) is 29.7. The molecule has 0 amide bonds. The first-order valence-corrected chi connectivity index (χ1v) is 15.3. The molecule has 0 unspecified atom stereocenters. The van der Waals surface area contributed by atoms with Gasteiger partial charge in [0.15, 0.2) is 0 Å². The number of aromatic nitrogens is 3.